The van der Waals surface area contributed by atoms with Gasteiger partial charge >= 0.3 is 0 Å². The maximum Gasteiger partial charge on any atom is 0.272 e. The number of aliphatic hydroxyl groups is 1. The van der Waals surface area contributed by atoms with Crippen LogP contribution in [0.1, 0.15) is 20.3 Å². The predicted octanol–water partition coefficient (Wildman–Crippen LogP) is 1.32. The molecule has 0 saturated carbocycles. The average molecular weight is 130 g/mol. The third-order valence-corrected chi connectivity index (χ3v) is 1.47. The van der Waals surface area contributed by atoms with E-state index < -0.39 is 11.8 Å². The first-order valence-corrected chi connectivity index (χ1v) is 2.93. The summed E-state index contributed by atoms with van der Waals surface area (Å²) in [5.41, 5.74) is 0. The number of hydrogen-bond acceptors (Lipinski definition) is 1. The van der Waals surface area contributed by atoms with Gasteiger partial charge in [0, 0.05) is 5.92 Å². The molecule has 2 heteroatoms. The number of rotatable bonds is 2. The van der Waals surface area contributed by atoms with Crippen LogP contribution in [0.4, 0.5) is 4.39 Å². The summed E-state index contributed by atoms with van der Waals surface area (Å²) in [5.74, 6) is -1.22. The lowest BCUT2D eigenvalue weighted by Crippen LogP contribution is -2.28. The first kappa shape index (κ1) is 8.45. The minimum absolute atomic E-state index is 0.484. The van der Waals surface area contributed by atoms with Crippen molar-refractivity contribution in [2.24, 2.45) is 5.92 Å². The van der Waals surface area contributed by atoms with E-state index in [2.05, 4.69) is 0 Å². The maximum atomic E-state index is 12.5. The van der Waals surface area contributed by atoms with Crippen molar-refractivity contribution in [2.75, 3.05) is 0 Å². The molecule has 52 valence electrons. The minimum atomic E-state index is -2.42. The molecule has 0 spiro atoms. The van der Waals surface area contributed by atoms with E-state index in [-0.39, 0.29) is 0 Å². The molecular formula is C7H11FO. The van der Waals surface area contributed by atoms with Gasteiger partial charge in [-0.25, -0.2) is 0 Å². The Labute approximate surface area is 54.9 Å². The van der Waals surface area contributed by atoms with Crippen molar-refractivity contribution >= 4 is 0 Å². The second-order valence-corrected chi connectivity index (χ2v) is 2.13. The zero-order chi connectivity index (χ0) is 7.49. The highest BCUT2D eigenvalue weighted by atomic mass is 19.2. The first-order chi connectivity index (χ1) is 4.04. The van der Waals surface area contributed by atoms with Crippen molar-refractivity contribution in [3.8, 4) is 12.3 Å². The zero-order valence-electron chi connectivity index (χ0n) is 5.69. The molecule has 0 saturated heterocycles. The molecule has 2 atom stereocenters. The number of alkyl halides is 1. The molecule has 1 N–H and O–H groups in total. The fourth-order valence-electron chi connectivity index (χ4n) is 0.413. The summed E-state index contributed by atoms with van der Waals surface area (Å²) in [4.78, 5) is 0. The van der Waals surface area contributed by atoms with Crippen LogP contribution >= 0.6 is 0 Å². The molecule has 0 aliphatic heterocycles. The summed E-state index contributed by atoms with van der Waals surface area (Å²) in [6, 6.07) is 0. The highest BCUT2D eigenvalue weighted by Crippen LogP contribution is 2.20. The maximum absolute atomic E-state index is 12.5. The molecular weight excluding hydrogens is 119 g/mol. The van der Waals surface area contributed by atoms with E-state index in [9.17, 15) is 4.39 Å². The standard InChI is InChI=1S/C7H11FO/c1-4-6(3)7(8,9)5-2/h2,6,9H,4H2,1,3H3/t6-,7+/m0/s1. The van der Waals surface area contributed by atoms with Gasteiger partial charge in [0.1, 0.15) is 0 Å². The number of terminal acetylenes is 1. The molecule has 9 heavy (non-hydrogen) atoms. The molecule has 1 nitrogen and oxygen atoms in total. The molecule has 0 radical (unpaired) electrons. The third-order valence-electron chi connectivity index (χ3n) is 1.47. The van der Waals surface area contributed by atoms with Crippen molar-refractivity contribution in [2.45, 2.75) is 26.1 Å². The van der Waals surface area contributed by atoms with Gasteiger partial charge in [-0.1, -0.05) is 13.8 Å². The van der Waals surface area contributed by atoms with E-state index in [0.717, 1.165) is 0 Å². The van der Waals surface area contributed by atoms with Crippen LogP contribution in [-0.2, 0) is 0 Å². The minimum Gasteiger partial charge on any atom is -0.352 e. The smallest absolute Gasteiger partial charge is 0.272 e. The molecule has 0 fully saturated rings. The van der Waals surface area contributed by atoms with Gasteiger partial charge in [-0.15, -0.1) is 6.42 Å². The van der Waals surface area contributed by atoms with E-state index in [0.29, 0.717) is 6.42 Å². The van der Waals surface area contributed by atoms with Gasteiger partial charge in [0.15, 0.2) is 0 Å². The third kappa shape index (κ3) is 2.03. The fourth-order valence-corrected chi connectivity index (χ4v) is 0.413. The fraction of sp³-hybridized carbons (Fsp3) is 0.714. The predicted molar refractivity (Wildman–Crippen MR) is 34.3 cm³/mol. The molecule has 0 unspecified atom stereocenters. The van der Waals surface area contributed by atoms with E-state index in [1.807, 2.05) is 0 Å². The van der Waals surface area contributed by atoms with Crippen molar-refractivity contribution in [3.63, 3.8) is 0 Å². The second kappa shape index (κ2) is 2.84. The molecule has 0 amide bonds. The largest absolute Gasteiger partial charge is 0.352 e. The summed E-state index contributed by atoms with van der Waals surface area (Å²) in [5, 5.41) is 8.69. The summed E-state index contributed by atoms with van der Waals surface area (Å²) in [7, 11) is 0. The molecule has 0 rings (SSSR count). The summed E-state index contributed by atoms with van der Waals surface area (Å²) in [6.07, 6.45) is 5.25. The Kier molecular flexibility index (Phi) is 2.66. The van der Waals surface area contributed by atoms with Crippen LogP contribution in [0.2, 0.25) is 0 Å². The lowest BCUT2D eigenvalue weighted by molar-refractivity contribution is -0.0768. The van der Waals surface area contributed by atoms with E-state index >= 15 is 0 Å². The molecule has 0 aromatic carbocycles. The second-order valence-electron chi connectivity index (χ2n) is 2.13. The molecule has 0 aliphatic carbocycles. The lowest BCUT2D eigenvalue weighted by Gasteiger charge is -2.17. The average Bonchev–Trinajstić information content (AvgIpc) is 1.86. The van der Waals surface area contributed by atoms with E-state index in [1.165, 1.54) is 0 Å². The monoisotopic (exact) mass is 130 g/mol. The quantitative estimate of drug-likeness (QED) is 0.559. The summed E-state index contributed by atoms with van der Waals surface area (Å²) in [6.45, 7) is 3.34. The Morgan fingerprint density at radius 1 is 1.89 bits per heavy atom. The van der Waals surface area contributed by atoms with Crippen LogP contribution in [0.25, 0.3) is 0 Å². The Morgan fingerprint density at radius 3 is 2.44 bits per heavy atom. The lowest BCUT2D eigenvalue weighted by atomic mass is 10.0. The van der Waals surface area contributed by atoms with Crippen LogP contribution in [0.3, 0.4) is 0 Å². The first-order valence-electron chi connectivity index (χ1n) is 2.93. The van der Waals surface area contributed by atoms with Crippen LogP contribution in [0.15, 0.2) is 0 Å². The molecule has 0 aromatic rings. The van der Waals surface area contributed by atoms with Gasteiger partial charge in [0.05, 0.1) is 0 Å². The van der Waals surface area contributed by atoms with Crippen molar-refractivity contribution in [1.29, 1.82) is 0 Å². The Hall–Kier alpha value is -0.550. The summed E-state index contributed by atoms with van der Waals surface area (Å²) < 4.78 is 12.5. The summed E-state index contributed by atoms with van der Waals surface area (Å²) >= 11 is 0. The molecule has 0 aromatic heterocycles. The Balaban J connectivity index is 4.01. The topological polar surface area (TPSA) is 20.2 Å². The molecule has 0 aliphatic rings. The SMILES string of the molecule is C#C[C@](O)(F)[C@@H](C)CC. The molecule has 0 heterocycles. The van der Waals surface area contributed by atoms with Crippen molar-refractivity contribution in [3.05, 3.63) is 0 Å². The number of hydrogen-bond donors (Lipinski definition) is 1. The van der Waals surface area contributed by atoms with Gasteiger partial charge in [-0.2, -0.15) is 4.39 Å². The van der Waals surface area contributed by atoms with E-state index in [1.54, 1.807) is 19.8 Å². The van der Waals surface area contributed by atoms with Gasteiger partial charge in [0.2, 0.25) is 0 Å². The van der Waals surface area contributed by atoms with Gasteiger partial charge < -0.3 is 5.11 Å². The van der Waals surface area contributed by atoms with Crippen molar-refractivity contribution in [1.82, 2.24) is 0 Å². The Morgan fingerprint density at radius 2 is 2.33 bits per heavy atom. The van der Waals surface area contributed by atoms with E-state index in [4.69, 9.17) is 11.5 Å². The van der Waals surface area contributed by atoms with Crippen LogP contribution in [0, 0.1) is 18.3 Å². The normalized spacial score (nSPS) is 19.9. The molecule has 0 bridgehead atoms. The van der Waals surface area contributed by atoms with Gasteiger partial charge in [0.25, 0.3) is 5.85 Å². The van der Waals surface area contributed by atoms with Crippen molar-refractivity contribution < 1.29 is 9.50 Å². The van der Waals surface area contributed by atoms with Crippen LogP contribution in [0.5, 0.6) is 0 Å². The Bertz CT molecular complexity index is 123. The van der Waals surface area contributed by atoms with Crippen LogP contribution in [-0.4, -0.2) is 11.0 Å². The number of halogens is 1. The van der Waals surface area contributed by atoms with Gasteiger partial charge in [-0.05, 0) is 12.3 Å². The zero-order valence-corrected chi connectivity index (χ0v) is 5.69. The highest BCUT2D eigenvalue weighted by Gasteiger charge is 2.29. The van der Waals surface area contributed by atoms with Crippen LogP contribution < -0.4 is 0 Å². The van der Waals surface area contributed by atoms with Gasteiger partial charge in [-0.3, -0.25) is 0 Å². The highest BCUT2D eigenvalue weighted by molar-refractivity contribution is 5.02.